The van der Waals surface area contributed by atoms with Crippen molar-refractivity contribution in [1.29, 1.82) is 0 Å². The van der Waals surface area contributed by atoms with E-state index in [9.17, 15) is 0 Å². The molecular formula is C18H17N7. The standard InChI is InChI=1S/C18H17N7/c1-3-13(14-9-4-5-10-19-14)22-24-18-21-17-16(23-25-18)12-8-6-7-11(2)15(12)20-17/h4-10H,3H2,1-2H3,(H2,20,21,24,25)/b22-13-. The van der Waals surface area contributed by atoms with E-state index in [0.717, 1.165) is 39.8 Å². The molecule has 25 heavy (non-hydrogen) atoms. The van der Waals surface area contributed by atoms with Gasteiger partial charge in [0.2, 0.25) is 0 Å². The van der Waals surface area contributed by atoms with Crippen molar-refractivity contribution in [3.8, 4) is 0 Å². The zero-order valence-corrected chi connectivity index (χ0v) is 14.0. The van der Waals surface area contributed by atoms with E-state index in [4.69, 9.17) is 0 Å². The van der Waals surface area contributed by atoms with Gasteiger partial charge in [-0.25, -0.2) is 5.43 Å². The summed E-state index contributed by atoms with van der Waals surface area (Å²) < 4.78 is 0. The van der Waals surface area contributed by atoms with Crippen LogP contribution in [-0.2, 0) is 0 Å². The fraction of sp³-hybridized carbons (Fsp3) is 0.167. The summed E-state index contributed by atoms with van der Waals surface area (Å²) in [5.41, 5.74) is 8.17. The number of hydrazone groups is 1. The first kappa shape index (κ1) is 15.2. The van der Waals surface area contributed by atoms with Gasteiger partial charge in [-0.2, -0.15) is 10.1 Å². The molecule has 0 fully saturated rings. The van der Waals surface area contributed by atoms with Crippen molar-refractivity contribution in [2.75, 3.05) is 5.43 Å². The van der Waals surface area contributed by atoms with Crippen molar-refractivity contribution < 1.29 is 0 Å². The number of hydrogen-bond acceptors (Lipinski definition) is 6. The number of pyridine rings is 1. The highest BCUT2D eigenvalue weighted by Crippen LogP contribution is 2.24. The first-order chi connectivity index (χ1) is 12.3. The summed E-state index contributed by atoms with van der Waals surface area (Å²) in [6.07, 6.45) is 2.49. The van der Waals surface area contributed by atoms with Gasteiger partial charge in [-0.15, -0.1) is 10.2 Å². The first-order valence-corrected chi connectivity index (χ1v) is 8.12. The summed E-state index contributed by atoms with van der Waals surface area (Å²) >= 11 is 0. The molecule has 0 saturated carbocycles. The first-order valence-electron chi connectivity index (χ1n) is 8.12. The Balaban J connectivity index is 1.69. The van der Waals surface area contributed by atoms with Gasteiger partial charge in [0, 0.05) is 11.6 Å². The molecule has 0 spiro atoms. The number of aryl methyl sites for hydroxylation is 1. The Labute approximate surface area is 144 Å². The largest absolute Gasteiger partial charge is 0.337 e. The molecule has 3 heterocycles. The number of para-hydroxylation sites is 1. The average Bonchev–Trinajstić information content (AvgIpc) is 3.02. The minimum absolute atomic E-state index is 0.346. The van der Waals surface area contributed by atoms with Crippen molar-refractivity contribution >= 4 is 33.7 Å². The second kappa shape index (κ2) is 6.27. The minimum atomic E-state index is 0.346. The van der Waals surface area contributed by atoms with Crippen LogP contribution in [0.4, 0.5) is 5.95 Å². The SMILES string of the molecule is CC/C(=N/Nc1nnc2c(n1)[nH]c1c(C)cccc12)c1ccccn1. The van der Waals surface area contributed by atoms with E-state index >= 15 is 0 Å². The van der Waals surface area contributed by atoms with Crippen molar-refractivity contribution in [3.63, 3.8) is 0 Å². The molecule has 124 valence electrons. The number of nitrogens with one attached hydrogen (secondary N) is 2. The number of H-pyrrole nitrogens is 1. The summed E-state index contributed by atoms with van der Waals surface area (Å²) in [6, 6.07) is 11.8. The number of anilines is 1. The van der Waals surface area contributed by atoms with Crippen LogP contribution in [0.5, 0.6) is 0 Å². The second-order valence-electron chi connectivity index (χ2n) is 5.69. The number of benzene rings is 1. The number of aromatic nitrogens is 5. The molecule has 7 nitrogen and oxygen atoms in total. The molecule has 2 N–H and O–H groups in total. The molecule has 0 bridgehead atoms. The predicted octanol–water partition coefficient (Wildman–Crippen LogP) is 3.44. The van der Waals surface area contributed by atoms with Gasteiger partial charge in [0.05, 0.1) is 16.9 Å². The summed E-state index contributed by atoms with van der Waals surface area (Å²) in [7, 11) is 0. The zero-order valence-electron chi connectivity index (χ0n) is 14.0. The summed E-state index contributed by atoms with van der Waals surface area (Å²) in [4.78, 5) is 12.1. The summed E-state index contributed by atoms with van der Waals surface area (Å²) in [5, 5.41) is 13.8. The molecule has 7 heteroatoms. The third kappa shape index (κ3) is 2.80. The molecule has 3 aromatic heterocycles. The molecule has 0 aliphatic carbocycles. The maximum Gasteiger partial charge on any atom is 0.265 e. The van der Waals surface area contributed by atoms with E-state index in [2.05, 4.69) is 48.7 Å². The lowest BCUT2D eigenvalue weighted by molar-refractivity contribution is 1.00. The summed E-state index contributed by atoms with van der Waals surface area (Å²) in [6.45, 7) is 4.08. The van der Waals surface area contributed by atoms with Gasteiger partial charge < -0.3 is 4.98 Å². The molecule has 0 amide bonds. The molecule has 4 rings (SSSR count). The van der Waals surface area contributed by atoms with Gasteiger partial charge in [-0.05, 0) is 31.0 Å². The fourth-order valence-corrected chi connectivity index (χ4v) is 2.76. The Hall–Kier alpha value is -3.35. The Morgan fingerprint density at radius 2 is 2.08 bits per heavy atom. The van der Waals surface area contributed by atoms with Crippen LogP contribution in [0, 0.1) is 6.92 Å². The maximum absolute atomic E-state index is 4.49. The van der Waals surface area contributed by atoms with Crippen LogP contribution in [0.1, 0.15) is 24.6 Å². The summed E-state index contributed by atoms with van der Waals surface area (Å²) in [5.74, 6) is 0.346. The molecule has 4 aromatic rings. The number of nitrogens with zero attached hydrogens (tertiary/aromatic N) is 5. The van der Waals surface area contributed by atoms with Crippen molar-refractivity contribution in [1.82, 2.24) is 25.1 Å². The van der Waals surface area contributed by atoms with Crippen LogP contribution < -0.4 is 5.43 Å². The van der Waals surface area contributed by atoms with Gasteiger partial charge in [-0.3, -0.25) is 4.98 Å². The maximum atomic E-state index is 4.49. The smallest absolute Gasteiger partial charge is 0.265 e. The van der Waals surface area contributed by atoms with Crippen LogP contribution in [0.15, 0.2) is 47.7 Å². The highest BCUT2D eigenvalue weighted by molar-refractivity contribution is 6.04. The third-order valence-corrected chi connectivity index (χ3v) is 4.04. The topological polar surface area (TPSA) is 91.7 Å². The van der Waals surface area contributed by atoms with Crippen LogP contribution >= 0.6 is 0 Å². The Bertz CT molecular complexity index is 1070. The van der Waals surface area contributed by atoms with Crippen LogP contribution in [0.25, 0.3) is 22.1 Å². The van der Waals surface area contributed by atoms with E-state index in [1.807, 2.05) is 37.3 Å². The van der Waals surface area contributed by atoms with Crippen LogP contribution in [0.2, 0.25) is 0 Å². The molecule has 1 aromatic carbocycles. The quantitative estimate of drug-likeness (QED) is 0.441. The number of fused-ring (bicyclic) bond motifs is 3. The predicted molar refractivity (Wildman–Crippen MR) is 98.6 cm³/mol. The number of hydrogen-bond donors (Lipinski definition) is 2. The highest BCUT2D eigenvalue weighted by atomic mass is 15.4. The molecule has 0 radical (unpaired) electrons. The lowest BCUT2D eigenvalue weighted by atomic mass is 10.1. The minimum Gasteiger partial charge on any atom is -0.337 e. The average molecular weight is 331 g/mol. The zero-order chi connectivity index (χ0) is 17.2. The van der Waals surface area contributed by atoms with E-state index < -0.39 is 0 Å². The van der Waals surface area contributed by atoms with Gasteiger partial charge in [-0.1, -0.05) is 31.2 Å². The normalized spacial score (nSPS) is 12.0. The van der Waals surface area contributed by atoms with Crippen molar-refractivity contribution in [2.24, 2.45) is 5.10 Å². The van der Waals surface area contributed by atoms with Crippen molar-refractivity contribution in [3.05, 3.63) is 53.9 Å². The third-order valence-electron chi connectivity index (χ3n) is 4.04. The van der Waals surface area contributed by atoms with E-state index in [1.54, 1.807) is 6.20 Å². The number of rotatable bonds is 4. The molecule has 0 aliphatic heterocycles. The fourth-order valence-electron chi connectivity index (χ4n) is 2.76. The number of aromatic amines is 1. The molecular weight excluding hydrogens is 314 g/mol. The van der Waals surface area contributed by atoms with E-state index in [1.165, 1.54) is 0 Å². The Morgan fingerprint density at radius 3 is 2.88 bits per heavy atom. The van der Waals surface area contributed by atoms with E-state index in [0.29, 0.717) is 11.6 Å². The molecule has 0 aliphatic rings. The Morgan fingerprint density at radius 1 is 1.16 bits per heavy atom. The van der Waals surface area contributed by atoms with Crippen LogP contribution in [0.3, 0.4) is 0 Å². The van der Waals surface area contributed by atoms with Gasteiger partial charge in [0.25, 0.3) is 5.95 Å². The second-order valence-corrected chi connectivity index (χ2v) is 5.69. The van der Waals surface area contributed by atoms with E-state index in [-0.39, 0.29) is 0 Å². The van der Waals surface area contributed by atoms with Crippen LogP contribution in [-0.4, -0.2) is 30.9 Å². The monoisotopic (exact) mass is 331 g/mol. The molecule has 0 saturated heterocycles. The highest BCUT2D eigenvalue weighted by Gasteiger charge is 2.10. The molecule has 0 atom stereocenters. The lowest BCUT2D eigenvalue weighted by Gasteiger charge is -2.03. The Kier molecular flexibility index (Phi) is 3.81. The van der Waals surface area contributed by atoms with Gasteiger partial charge in [0.15, 0.2) is 5.65 Å². The van der Waals surface area contributed by atoms with Gasteiger partial charge >= 0.3 is 0 Å². The van der Waals surface area contributed by atoms with Crippen molar-refractivity contribution in [2.45, 2.75) is 20.3 Å². The molecule has 0 unspecified atom stereocenters. The lowest BCUT2D eigenvalue weighted by Crippen LogP contribution is -2.07. The van der Waals surface area contributed by atoms with Gasteiger partial charge in [0.1, 0.15) is 5.52 Å².